The Hall–Kier alpha value is -1.52. The third-order valence-electron chi connectivity index (χ3n) is 5.89. The van der Waals surface area contributed by atoms with Gasteiger partial charge in [0.2, 0.25) is 0 Å². The Bertz CT molecular complexity index is 655. The van der Waals surface area contributed by atoms with Crippen LogP contribution in [0.5, 0.6) is 11.5 Å². The Labute approximate surface area is 151 Å². The molecule has 0 radical (unpaired) electrons. The maximum atomic E-state index is 10.7. The number of rotatable bonds is 5. The molecule has 1 saturated heterocycles. The van der Waals surface area contributed by atoms with Crippen molar-refractivity contribution >= 4 is 0 Å². The van der Waals surface area contributed by atoms with Gasteiger partial charge in [0.25, 0.3) is 0 Å². The summed E-state index contributed by atoms with van der Waals surface area (Å²) in [7, 11) is 5.52. The molecule has 1 heterocycles. The number of hydrogen-bond donors (Lipinski definition) is 1. The van der Waals surface area contributed by atoms with Crippen molar-refractivity contribution in [2.45, 2.75) is 50.7 Å². The van der Waals surface area contributed by atoms with E-state index in [0.29, 0.717) is 12.0 Å². The SMILES string of the molecule is COc1ccc([C@@]23C=C(CC(C)C)[C@H](O)C[C@@H]2N(C)CC3)cc1OC. The Morgan fingerprint density at radius 2 is 1.96 bits per heavy atom. The minimum Gasteiger partial charge on any atom is -0.493 e. The van der Waals surface area contributed by atoms with E-state index in [1.807, 2.05) is 6.07 Å². The first kappa shape index (κ1) is 18.3. The summed E-state index contributed by atoms with van der Waals surface area (Å²) >= 11 is 0. The van der Waals surface area contributed by atoms with Crippen LogP contribution < -0.4 is 9.47 Å². The molecule has 3 atom stereocenters. The van der Waals surface area contributed by atoms with Crippen molar-refractivity contribution in [3.05, 3.63) is 35.4 Å². The minimum absolute atomic E-state index is 0.0578. The van der Waals surface area contributed by atoms with Crippen LogP contribution in [0.1, 0.15) is 38.7 Å². The van der Waals surface area contributed by atoms with Gasteiger partial charge in [0.15, 0.2) is 11.5 Å². The van der Waals surface area contributed by atoms with E-state index in [1.54, 1.807) is 14.2 Å². The zero-order valence-electron chi connectivity index (χ0n) is 16.1. The molecule has 138 valence electrons. The van der Waals surface area contributed by atoms with E-state index in [4.69, 9.17) is 9.47 Å². The van der Waals surface area contributed by atoms with E-state index in [9.17, 15) is 5.11 Å². The third-order valence-corrected chi connectivity index (χ3v) is 5.89. The second-order valence-electron chi connectivity index (χ2n) is 7.93. The molecule has 3 rings (SSSR count). The highest BCUT2D eigenvalue weighted by Gasteiger charge is 2.49. The Kier molecular flexibility index (Phi) is 5.12. The van der Waals surface area contributed by atoms with Gasteiger partial charge in [0.05, 0.1) is 20.3 Å². The van der Waals surface area contributed by atoms with Gasteiger partial charge in [-0.1, -0.05) is 26.0 Å². The van der Waals surface area contributed by atoms with Crippen LogP contribution in [0.15, 0.2) is 29.8 Å². The van der Waals surface area contributed by atoms with E-state index in [2.05, 4.69) is 44.0 Å². The highest BCUT2D eigenvalue weighted by molar-refractivity contribution is 5.49. The minimum atomic E-state index is -0.332. The first-order chi connectivity index (χ1) is 11.9. The van der Waals surface area contributed by atoms with Crippen molar-refractivity contribution in [2.75, 3.05) is 27.8 Å². The lowest BCUT2D eigenvalue weighted by Gasteiger charge is -2.42. The molecule has 0 aromatic heterocycles. The van der Waals surface area contributed by atoms with Gasteiger partial charge in [-0.25, -0.2) is 0 Å². The number of aliphatic hydroxyl groups is 1. The van der Waals surface area contributed by atoms with Gasteiger partial charge in [-0.05, 0) is 62.0 Å². The van der Waals surface area contributed by atoms with Gasteiger partial charge < -0.3 is 19.5 Å². The van der Waals surface area contributed by atoms with Crippen molar-refractivity contribution in [3.8, 4) is 11.5 Å². The molecule has 1 aliphatic heterocycles. The highest BCUT2D eigenvalue weighted by Crippen LogP contribution is 2.49. The number of methoxy groups -OCH3 is 2. The summed E-state index contributed by atoms with van der Waals surface area (Å²) in [6.07, 6.45) is 4.85. The zero-order valence-corrected chi connectivity index (χ0v) is 16.1. The topological polar surface area (TPSA) is 41.9 Å². The van der Waals surface area contributed by atoms with E-state index in [1.165, 1.54) is 11.1 Å². The van der Waals surface area contributed by atoms with Crippen molar-refractivity contribution in [1.29, 1.82) is 0 Å². The largest absolute Gasteiger partial charge is 0.493 e. The quantitative estimate of drug-likeness (QED) is 0.831. The summed E-state index contributed by atoms with van der Waals surface area (Å²) in [5.41, 5.74) is 2.39. The Balaban J connectivity index is 2.10. The molecule has 0 unspecified atom stereocenters. The predicted octanol–water partition coefficient (Wildman–Crippen LogP) is 3.38. The summed E-state index contributed by atoms with van der Waals surface area (Å²) in [5, 5.41) is 10.7. The molecule has 1 N–H and O–H groups in total. The summed E-state index contributed by atoms with van der Waals surface area (Å²) in [4.78, 5) is 2.39. The van der Waals surface area contributed by atoms with Crippen LogP contribution in [0.3, 0.4) is 0 Å². The molecule has 1 aromatic carbocycles. The van der Waals surface area contributed by atoms with Crippen molar-refractivity contribution in [1.82, 2.24) is 4.90 Å². The fraction of sp³-hybridized carbons (Fsp3) is 0.619. The molecule has 2 aliphatic rings. The van der Waals surface area contributed by atoms with Gasteiger partial charge in [-0.2, -0.15) is 0 Å². The molecule has 0 spiro atoms. The molecule has 4 heteroatoms. The molecule has 0 bridgehead atoms. The lowest BCUT2D eigenvalue weighted by atomic mass is 9.66. The molecule has 1 fully saturated rings. The molecule has 25 heavy (non-hydrogen) atoms. The number of hydrogen-bond acceptors (Lipinski definition) is 4. The fourth-order valence-corrected chi connectivity index (χ4v) is 4.64. The number of aliphatic hydroxyl groups excluding tert-OH is 1. The molecule has 0 saturated carbocycles. The van der Waals surface area contributed by atoms with Gasteiger partial charge in [0, 0.05) is 11.5 Å². The van der Waals surface area contributed by atoms with Crippen LogP contribution in [0, 0.1) is 5.92 Å². The lowest BCUT2D eigenvalue weighted by Crippen LogP contribution is -2.46. The van der Waals surface area contributed by atoms with Gasteiger partial charge in [-0.3, -0.25) is 0 Å². The molecule has 4 nitrogen and oxygen atoms in total. The van der Waals surface area contributed by atoms with Crippen LogP contribution in [-0.4, -0.2) is 50.0 Å². The molecular weight excluding hydrogens is 314 g/mol. The maximum absolute atomic E-state index is 10.7. The molecule has 0 amide bonds. The van der Waals surface area contributed by atoms with Gasteiger partial charge >= 0.3 is 0 Å². The predicted molar refractivity (Wildman–Crippen MR) is 100 cm³/mol. The van der Waals surface area contributed by atoms with E-state index in [0.717, 1.165) is 37.3 Å². The van der Waals surface area contributed by atoms with Crippen molar-refractivity contribution in [2.24, 2.45) is 5.92 Å². The maximum Gasteiger partial charge on any atom is 0.161 e. The van der Waals surface area contributed by atoms with Gasteiger partial charge in [-0.15, -0.1) is 0 Å². The summed E-state index contributed by atoms with van der Waals surface area (Å²) < 4.78 is 11.0. The van der Waals surface area contributed by atoms with Crippen LogP contribution in [0.25, 0.3) is 0 Å². The first-order valence-electron chi connectivity index (χ1n) is 9.23. The highest BCUT2D eigenvalue weighted by atomic mass is 16.5. The fourth-order valence-electron chi connectivity index (χ4n) is 4.64. The van der Waals surface area contributed by atoms with Crippen LogP contribution in [0.4, 0.5) is 0 Å². The number of fused-ring (bicyclic) bond motifs is 1. The van der Waals surface area contributed by atoms with Crippen LogP contribution in [0.2, 0.25) is 0 Å². The molecule has 1 aromatic rings. The van der Waals surface area contributed by atoms with E-state index < -0.39 is 0 Å². The number of likely N-dealkylation sites (tertiary alicyclic amines) is 1. The van der Waals surface area contributed by atoms with E-state index >= 15 is 0 Å². The average Bonchev–Trinajstić information content (AvgIpc) is 2.91. The zero-order chi connectivity index (χ0) is 18.2. The van der Waals surface area contributed by atoms with Crippen molar-refractivity contribution in [3.63, 3.8) is 0 Å². The summed E-state index contributed by atoms with van der Waals surface area (Å²) in [6.45, 7) is 5.46. The average molecular weight is 345 g/mol. The standard InChI is InChI=1S/C21H31NO3/c1-14(2)10-15-13-21(8-9-22(3)20(21)12-17(15)23)16-6-7-18(24-4)19(11-16)25-5/h6-7,11,13-14,17,20,23H,8-10,12H2,1-5H3/t17-,20+,21-/m1/s1. The number of nitrogens with zero attached hydrogens (tertiary/aromatic N) is 1. The number of benzene rings is 1. The molecule has 1 aliphatic carbocycles. The third kappa shape index (κ3) is 3.18. The van der Waals surface area contributed by atoms with Crippen molar-refractivity contribution < 1.29 is 14.6 Å². The Morgan fingerprint density at radius 1 is 1.24 bits per heavy atom. The monoisotopic (exact) mass is 345 g/mol. The number of ether oxygens (including phenoxy) is 2. The van der Waals surface area contributed by atoms with Gasteiger partial charge in [0.1, 0.15) is 0 Å². The smallest absolute Gasteiger partial charge is 0.161 e. The van der Waals surface area contributed by atoms with Crippen LogP contribution >= 0.6 is 0 Å². The molecular formula is C21H31NO3. The normalized spacial score (nSPS) is 29.5. The number of likely N-dealkylation sites (N-methyl/N-ethyl adjacent to an activating group) is 1. The Morgan fingerprint density at radius 3 is 2.60 bits per heavy atom. The lowest BCUT2D eigenvalue weighted by molar-refractivity contribution is 0.122. The van der Waals surface area contributed by atoms with E-state index in [-0.39, 0.29) is 11.5 Å². The summed E-state index contributed by atoms with van der Waals surface area (Å²) in [6, 6.07) is 6.59. The second kappa shape index (κ2) is 7.00. The summed E-state index contributed by atoms with van der Waals surface area (Å²) in [5.74, 6) is 2.07. The first-order valence-corrected chi connectivity index (χ1v) is 9.23. The second-order valence-corrected chi connectivity index (χ2v) is 7.93. The van der Waals surface area contributed by atoms with Crippen LogP contribution in [-0.2, 0) is 5.41 Å².